The van der Waals surface area contributed by atoms with Crippen molar-refractivity contribution in [1.29, 1.82) is 5.26 Å². The Morgan fingerprint density at radius 1 is 1.42 bits per heavy atom. The maximum absolute atomic E-state index is 8.88. The number of nitriles is 1. The number of hydrogen-bond acceptors (Lipinski definition) is 1. The van der Waals surface area contributed by atoms with Gasteiger partial charge in [0.05, 0.1) is 11.5 Å². The van der Waals surface area contributed by atoms with Gasteiger partial charge in [0.1, 0.15) is 0 Å². The molecule has 0 radical (unpaired) electrons. The second-order valence-electron chi connectivity index (χ2n) is 3.11. The fraction of sp³-hybridized carbons (Fsp3) is 0.545. The molecule has 1 unspecified atom stereocenters. The number of nitrogens with zero attached hydrogens (tertiary/aromatic N) is 1. The van der Waals surface area contributed by atoms with E-state index in [9.17, 15) is 0 Å². The summed E-state index contributed by atoms with van der Waals surface area (Å²) in [6.45, 7) is 5.99. The maximum atomic E-state index is 8.88. The minimum atomic E-state index is -0.319. The average Bonchev–Trinajstić information content (AvgIpc) is 2.06. The van der Waals surface area contributed by atoms with E-state index in [0.29, 0.717) is 0 Å². The van der Waals surface area contributed by atoms with Gasteiger partial charge in [0.15, 0.2) is 0 Å². The lowest BCUT2D eigenvalue weighted by Gasteiger charge is -2.13. The SMILES string of the molecule is C/C=C\C(C)(C#N)C/C=C/CC. The van der Waals surface area contributed by atoms with Crippen LogP contribution in [0.1, 0.15) is 33.6 Å². The monoisotopic (exact) mass is 163 g/mol. The highest BCUT2D eigenvalue weighted by Crippen LogP contribution is 2.22. The third-order valence-corrected chi connectivity index (χ3v) is 1.73. The lowest BCUT2D eigenvalue weighted by molar-refractivity contribution is 0.577. The highest BCUT2D eigenvalue weighted by Gasteiger charge is 2.16. The van der Waals surface area contributed by atoms with E-state index >= 15 is 0 Å². The molecule has 0 fully saturated rings. The molecule has 0 rings (SSSR count). The van der Waals surface area contributed by atoms with Crippen LogP contribution < -0.4 is 0 Å². The summed E-state index contributed by atoms with van der Waals surface area (Å²) in [7, 11) is 0. The van der Waals surface area contributed by atoms with Gasteiger partial charge in [0.2, 0.25) is 0 Å². The van der Waals surface area contributed by atoms with Gasteiger partial charge >= 0.3 is 0 Å². The predicted molar refractivity (Wildman–Crippen MR) is 52.6 cm³/mol. The van der Waals surface area contributed by atoms with Crippen molar-refractivity contribution in [2.75, 3.05) is 0 Å². The van der Waals surface area contributed by atoms with Crippen molar-refractivity contribution in [1.82, 2.24) is 0 Å². The van der Waals surface area contributed by atoms with Gasteiger partial charge < -0.3 is 0 Å². The van der Waals surface area contributed by atoms with E-state index in [4.69, 9.17) is 5.26 Å². The summed E-state index contributed by atoms with van der Waals surface area (Å²) in [5, 5.41) is 8.88. The molecule has 0 saturated heterocycles. The van der Waals surface area contributed by atoms with Crippen molar-refractivity contribution in [3.63, 3.8) is 0 Å². The van der Waals surface area contributed by atoms with Gasteiger partial charge in [0, 0.05) is 0 Å². The van der Waals surface area contributed by atoms with Crippen molar-refractivity contribution in [3.8, 4) is 6.07 Å². The summed E-state index contributed by atoms with van der Waals surface area (Å²) in [6, 6.07) is 2.30. The molecular formula is C11H17N. The van der Waals surface area contributed by atoms with E-state index in [-0.39, 0.29) is 5.41 Å². The Morgan fingerprint density at radius 3 is 2.50 bits per heavy atom. The van der Waals surface area contributed by atoms with Gasteiger partial charge in [-0.3, -0.25) is 0 Å². The molecule has 0 spiro atoms. The largest absolute Gasteiger partial charge is 0.197 e. The van der Waals surface area contributed by atoms with Gasteiger partial charge in [-0.05, 0) is 26.7 Å². The highest BCUT2D eigenvalue weighted by molar-refractivity contribution is 5.12. The standard InChI is InChI=1S/C11H17N/c1-4-6-7-9-11(3,10-12)8-5-2/h5-8H,4,9H2,1-3H3/b7-6+,8-5-. The smallest absolute Gasteiger partial charge is 0.0759 e. The van der Waals surface area contributed by atoms with Crippen molar-refractivity contribution in [2.45, 2.75) is 33.6 Å². The fourth-order valence-corrected chi connectivity index (χ4v) is 1.01. The van der Waals surface area contributed by atoms with Gasteiger partial charge in [-0.2, -0.15) is 5.26 Å². The summed E-state index contributed by atoms with van der Waals surface area (Å²) >= 11 is 0. The van der Waals surface area contributed by atoms with E-state index in [1.54, 1.807) is 0 Å². The van der Waals surface area contributed by atoms with Crippen molar-refractivity contribution in [3.05, 3.63) is 24.3 Å². The lowest BCUT2D eigenvalue weighted by Crippen LogP contribution is -2.07. The lowest BCUT2D eigenvalue weighted by atomic mass is 9.88. The average molecular weight is 163 g/mol. The van der Waals surface area contributed by atoms with Crippen molar-refractivity contribution >= 4 is 0 Å². The first-order valence-electron chi connectivity index (χ1n) is 4.38. The molecule has 12 heavy (non-hydrogen) atoms. The molecule has 1 nitrogen and oxygen atoms in total. The minimum absolute atomic E-state index is 0.319. The van der Waals surface area contributed by atoms with E-state index in [1.165, 1.54) is 0 Å². The minimum Gasteiger partial charge on any atom is -0.197 e. The third kappa shape index (κ3) is 3.98. The molecule has 0 saturated carbocycles. The van der Waals surface area contributed by atoms with Gasteiger partial charge in [-0.15, -0.1) is 0 Å². The van der Waals surface area contributed by atoms with Crippen LogP contribution in [-0.2, 0) is 0 Å². The first-order chi connectivity index (χ1) is 5.68. The molecule has 0 aromatic rings. The zero-order valence-corrected chi connectivity index (χ0v) is 8.17. The Morgan fingerprint density at radius 2 is 2.08 bits per heavy atom. The van der Waals surface area contributed by atoms with E-state index in [1.807, 2.05) is 26.0 Å². The molecule has 1 atom stereocenters. The Balaban J connectivity index is 4.17. The quantitative estimate of drug-likeness (QED) is 0.582. The van der Waals surface area contributed by atoms with Crippen LogP contribution in [0, 0.1) is 16.7 Å². The van der Waals surface area contributed by atoms with Crippen LogP contribution in [0.25, 0.3) is 0 Å². The normalized spacial score (nSPS) is 16.5. The van der Waals surface area contributed by atoms with Gasteiger partial charge in [-0.1, -0.05) is 31.2 Å². The third-order valence-electron chi connectivity index (χ3n) is 1.73. The maximum Gasteiger partial charge on any atom is 0.0759 e. The number of rotatable bonds is 4. The molecule has 0 aliphatic rings. The molecule has 1 heteroatoms. The highest BCUT2D eigenvalue weighted by atomic mass is 14.3. The molecule has 66 valence electrons. The molecule has 0 bridgehead atoms. The molecule has 0 N–H and O–H groups in total. The first-order valence-corrected chi connectivity index (χ1v) is 4.38. The van der Waals surface area contributed by atoms with Crippen LogP contribution in [0.15, 0.2) is 24.3 Å². The van der Waals surface area contributed by atoms with Crippen LogP contribution >= 0.6 is 0 Å². The fourth-order valence-electron chi connectivity index (χ4n) is 1.01. The summed E-state index contributed by atoms with van der Waals surface area (Å²) < 4.78 is 0. The number of allylic oxidation sites excluding steroid dienone is 4. The molecule has 0 aliphatic heterocycles. The second-order valence-corrected chi connectivity index (χ2v) is 3.11. The van der Waals surface area contributed by atoms with Crippen LogP contribution in [0.2, 0.25) is 0 Å². The molecule has 0 aromatic heterocycles. The number of hydrogen-bond donors (Lipinski definition) is 0. The topological polar surface area (TPSA) is 23.8 Å². The van der Waals surface area contributed by atoms with Crippen LogP contribution in [-0.4, -0.2) is 0 Å². The molecule has 0 heterocycles. The van der Waals surface area contributed by atoms with E-state index < -0.39 is 0 Å². The summed E-state index contributed by atoms with van der Waals surface area (Å²) in [6.07, 6.45) is 9.90. The Kier molecular flexibility index (Phi) is 5.12. The summed E-state index contributed by atoms with van der Waals surface area (Å²) in [5.41, 5.74) is -0.319. The molecular weight excluding hydrogens is 146 g/mol. The molecule has 0 amide bonds. The van der Waals surface area contributed by atoms with E-state index in [0.717, 1.165) is 12.8 Å². The first kappa shape index (κ1) is 11.0. The summed E-state index contributed by atoms with van der Waals surface area (Å²) in [4.78, 5) is 0. The van der Waals surface area contributed by atoms with E-state index in [2.05, 4.69) is 25.1 Å². The van der Waals surface area contributed by atoms with Crippen LogP contribution in [0.4, 0.5) is 0 Å². The van der Waals surface area contributed by atoms with Crippen LogP contribution in [0.3, 0.4) is 0 Å². The zero-order valence-electron chi connectivity index (χ0n) is 8.17. The van der Waals surface area contributed by atoms with Crippen molar-refractivity contribution in [2.24, 2.45) is 5.41 Å². The zero-order chi connectivity index (χ0) is 9.45. The van der Waals surface area contributed by atoms with Gasteiger partial charge in [0.25, 0.3) is 0 Å². The van der Waals surface area contributed by atoms with Crippen molar-refractivity contribution < 1.29 is 0 Å². The predicted octanol–water partition coefficient (Wildman–Crippen LogP) is 3.45. The summed E-state index contributed by atoms with van der Waals surface area (Å²) in [5.74, 6) is 0. The van der Waals surface area contributed by atoms with Crippen LogP contribution in [0.5, 0.6) is 0 Å². The molecule has 0 aliphatic carbocycles. The Bertz CT molecular complexity index is 208. The van der Waals surface area contributed by atoms with Gasteiger partial charge in [-0.25, -0.2) is 0 Å². The Labute approximate surface area is 75.4 Å². The molecule has 0 aromatic carbocycles. The Hall–Kier alpha value is -1.03. The second kappa shape index (κ2) is 5.60.